The molecule has 6 atom stereocenters. The van der Waals surface area contributed by atoms with Crippen LogP contribution in [0.15, 0.2) is 91.0 Å². The molecule has 254 valence electrons. The van der Waals surface area contributed by atoms with Crippen LogP contribution in [0.1, 0.15) is 41.5 Å². The summed E-state index contributed by atoms with van der Waals surface area (Å²) in [6.07, 6.45) is -1.57. The van der Waals surface area contributed by atoms with E-state index in [2.05, 4.69) is 0 Å². The molecule has 50 heavy (non-hydrogen) atoms. The van der Waals surface area contributed by atoms with E-state index in [-0.39, 0.29) is 36.6 Å². The Bertz CT molecular complexity index is 2140. The second-order valence-electron chi connectivity index (χ2n) is 13.9. The molecule has 0 bridgehead atoms. The van der Waals surface area contributed by atoms with Crippen molar-refractivity contribution in [2.45, 2.75) is 78.2 Å². The standard InChI is InChI=1S/C42H39O7P/c1-22-25(4)47-37-34(44-22)19-28-13-7-10-16-31(28)40(37)50(43,41-32-17-11-8-14-29(32)20-35-38(41)48-26(5)23(2)45-35)42-33-18-12-9-15-30(33)21-36-39(42)49-27(6)24(3)46-36/h7-27H,1-6H3. The Morgan fingerprint density at radius 3 is 0.960 bits per heavy atom. The molecule has 0 saturated heterocycles. The van der Waals surface area contributed by atoms with E-state index in [9.17, 15) is 0 Å². The molecule has 0 saturated carbocycles. The van der Waals surface area contributed by atoms with Gasteiger partial charge in [0.1, 0.15) is 36.6 Å². The minimum Gasteiger partial charge on any atom is -0.483 e. The zero-order valence-corrected chi connectivity index (χ0v) is 29.8. The van der Waals surface area contributed by atoms with Gasteiger partial charge >= 0.3 is 0 Å². The Hall–Kier alpha value is -4.87. The summed E-state index contributed by atoms with van der Waals surface area (Å²) in [4.78, 5) is 0. The molecular weight excluding hydrogens is 647 g/mol. The summed E-state index contributed by atoms with van der Waals surface area (Å²) in [5, 5.41) is 6.62. The van der Waals surface area contributed by atoms with E-state index in [1.165, 1.54) is 0 Å². The first kappa shape index (κ1) is 31.1. The van der Waals surface area contributed by atoms with Gasteiger partial charge in [-0.2, -0.15) is 0 Å². The van der Waals surface area contributed by atoms with Crippen LogP contribution >= 0.6 is 7.14 Å². The fourth-order valence-electron chi connectivity index (χ4n) is 7.46. The molecule has 6 aromatic rings. The van der Waals surface area contributed by atoms with Gasteiger partial charge in [0.25, 0.3) is 0 Å². The fourth-order valence-corrected chi connectivity index (χ4v) is 11.1. The van der Waals surface area contributed by atoms with Crippen LogP contribution in [0.3, 0.4) is 0 Å². The molecular formula is C42H39O7P. The Labute approximate surface area is 291 Å². The quantitative estimate of drug-likeness (QED) is 0.173. The van der Waals surface area contributed by atoms with E-state index >= 15 is 4.57 Å². The summed E-state index contributed by atoms with van der Waals surface area (Å²) in [5.74, 6) is 3.01. The minimum absolute atomic E-state index is 0.218. The molecule has 6 unspecified atom stereocenters. The third-order valence-electron chi connectivity index (χ3n) is 10.6. The zero-order valence-electron chi connectivity index (χ0n) is 28.9. The van der Waals surface area contributed by atoms with Crippen LogP contribution in [-0.2, 0) is 4.57 Å². The summed E-state index contributed by atoms with van der Waals surface area (Å²) in [5.41, 5.74) is 0. The Kier molecular flexibility index (Phi) is 7.05. The summed E-state index contributed by atoms with van der Waals surface area (Å²) in [6, 6.07) is 30.0. The van der Waals surface area contributed by atoms with Crippen molar-refractivity contribution in [2.75, 3.05) is 0 Å². The molecule has 0 spiro atoms. The van der Waals surface area contributed by atoms with E-state index in [0.717, 1.165) is 32.3 Å². The van der Waals surface area contributed by atoms with Crippen LogP contribution < -0.4 is 44.3 Å². The molecule has 3 heterocycles. The molecule has 8 heteroatoms. The third kappa shape index (κ3) is 4.52. The van der Waals surface area contributed by atoms with E-state index < -0.39 is 7.14 Å². The Morgan fingerprint density at radius 1 is 0.400 bits per heavy atom. The van der Waals surface area contributed by atoms with Crippen molar-refractivity contribution in [1.29, 1.82) is 0 Å². The van der Waals surface area contributed by atoms with E-state index in [0.29, 0.717) is 50.4 Å². The van der Waals surface area contributed by atoms with E-state index in [1.54, 1.807) is 0 Å². The Balaban J connectivity index is 1.54. The largest absolute Gasteiger partial charge is 0.483 e. The van der Waals surface area contributed by atoms with Crippen molar-refractivity contribution >= 4 is 55.4 Å². The monoisotopic (exact) mass is 686 g/mol. The third-order valence-corrected chi connectivity index (χ3v) is 13.8. The smallest absolute Gasteiger partial charge is 0.184 e. The highest BCUT2D eigenvalue weighted by atomic mass is 31.2. The number of ether oxygens (including phenoxy) is 6. The molecule has 3 aliphatic rings. The number of benzene rings is 6. The maximum atomic E-state index is 17.8. The summed E-state index contributed by atoms with van der Waals surface area (Å²) in [6.45, 7) is 11.9. The van der Waals surface area contributed by atoms with Crippen LogP contribution in [0.4, 0.5) is 0 Å². The first-order chi connectivity index (χ1) is 24.1. The number of fused-ring (bicyclic) bond motifs is 6. The molecule has 3 aliphatic heterocycles. The van der Waals surface area contributed by atoms with E-state index in [4.69, 9.17) is 28.4 Å². The van der Waals surface area contributed by atoms with Crippen LogP contribution in [0.5, 0.6) is 34.5 Å². The summed E-state index contributed by atoms with van der Waals surface area (Å²) >= 11 is 0. The lowest BCUT2D eigenvalue weighted by Crippen LogP contribution is -2.41. The zero-order chi connectivity index (χ0) is 34.5. The van der Waals surface area contributed by atoms with Gasteiger partial charge in [0.2, 0.25) is 0 Å². The molecule has 9 rings (SSSR count). The van der Waals surface area contributed by atoms with E-state index in [1.807, 2.05) is 133 Å². The van der Waals surface area contributed by atoms with Gasteiger partial charge < -0.3 is 33.0 Å². The second kappa shape index (κ2) is 11.3. The lowest BCUT2D eigenvalue weighted by Gasteiger charge is -2.38. The van der Waals surface area contributed by atoms with Gasteiger partial charge in [-0.1, -0.05) is 72.8 Å². The Morgan fingerprint density at radius 2 is 0.660 bits per heavy atom. The van der Waals surface area contributed by atoms with Crippen molar-refractivity contribution in [3.63, 3.8) is 0 Å². The highest BCUT2D eigenvalue weighted by molar-refractivity contribution is 7.87. The van der Waals surface area contributed by atoms with Crippen molar-refractivity contribution < 1.29 is 33.0 Å². The van der Waals surface area contributed by atoms with Crippen molar-refractivity contribution in [1.82, 2.24) is 0 Å². The molecule has 7 nitrogen and oxygen atoms in total. The maximum Gasteiger partial charge on any atom is 0.184 e. The number of rotatable bonds is 3. The molecule has 0 amide bonds. The maximum absolute atomic E-state index is 17.8. The van der Waals surface area contributed by atoms with Crippen molar-refractivity contribution in [3.8, 4) is 34.5 Å². The highest BCUT2D eigenvalue weighted by Crippen LogP contribution is 2.60. The average molecular weight is 687 g/mol. The van der Waals surface area contributed by atoms with Crippen LogP contribution in [0, 0.1) is 0 Å². The lowest BCUT2D eigenvalue weighted by atomic mass is 10.1. The van der Waals surface area contributed by atoms with Crippen molar-refractivity contribution in [2.24, 2.45) is 0 Å². The van der Waals surface area contributed by atoms with Gasteiger partial charge in [0, 0.05) is 0 Å². The van der Waals surface area contributed by atoms with Crippen LogP contribution in [0.25, 0.3) is 32.3 Å². The molecule has 0 N–H and O–H groups in total. The molecule has 0 aromatic heterocycles. The van der Waals surface area contributed by atoms with Gasteiger partial charge in [0.05, 0.1) is 15.9 Å². The minimum atomic E-state index is -4.15. The summed E-state index contributed by atoms with van der Waals surface area (Å²) in [7, 11) is -4.15. The second-order valence-corrected chi connectivity index (χ2v) is 16.4. The first-order valence-electron chi connectivity index (χ1n) is 17.4. The molecule has 0 aliphatic carbocycles. The van der Waals surface area contributed by atoms with Crippen LogP contribution in [-0.4, -0.2) is 36.6 Å². The van der Waals surface area contributed by atoms with Gasteiger partial charge in [-0.3, -0.25) is 0 Å². The predicted molar refractivity (Wildman–Crippen MR) is 199 cm³/mol. The normalized spacial score (nSPS) is 25.0. The lowest BCUT2D eigenvalue weighted by molar-refractivity contribution is 0.0437. The average Bonchev–Trinajstić information content (AvgIpc) is 3.10. The van der Waals surface area contributed by atoms with Gasteiger partial charge in [-0.25, -0.2) is 0 Å². The number of hydrogen-bond acceptors (Lipinski definition) is 7. The highest BCUT2D eigenvalue weighted by Gasteiger charge is 2.48. The van der Waals surface area contributed by atoms with Gasteiger partial charge in [-0.05, 0) is 92.1 Å². The molecule has 0 radical (unpaired) electrons. The summed E-state index contributed by atoms with van der Waals surface area (Å²) < 4.78 is 58.0. The topological polar surface area (TPSA) is 72.5 Å². The SMILES string of the molecule is CC1Oc2cc3ccccc3c(P(=O)(c3c4c(cc5ccccc35)OC(C)C(C)O4)c3c4c(cc5ccccc35)OC(C)C(C)O4)c2OC1C. The van der Waals surface area contributed by atoms with Crippen molar-refractivity contribution in [3.05, 3.63) is 91.0 Å². The fraction of sp³-hybridized carbons (Fsp3) is 0.286. The number of hydrogen-bond donors (Lipinski definition) is 0. The first-order valence-corrected chi connectivity index (χ1v) is 19.1. The predicted octanol–water partition coefficient (Wildman–Crippen LogP) is 8.43. The van der Waals surface area contributed by atoms with Gasteiger partial charge in [0.15, 0.2) is 41.6 Å². The molecule has 6 aromatic carbocycles. The van der Waals surface area contributed by atoms with Crippen LogP contribution in [0.2, 0.25) is 0 Å². The van der Waals surface area contributed by atoms with Gasteiger partial charge in [-0.15, -0.1) is 0 Å². The molecule has 0 fully saturated rings.